The molecule has 2 atom stereocenters. The average Bonchev–Trinajstić information content (AvgIpc) is 3.59. The Bertz CT molecular complexity index is 782. The molecule has 5 heteroatoms. The van der Waals surface area contributed by atoms with Crippen molar-refractivity contribution in [2.24, 2.45) is 0 Å². The second-order valence-electron chi connectivity index (χ2n) is 7.05. The van der Waals surface area contributed by atoms with Crippen molar-refractivity contribution >= 4 is 5.91 Å². The Hall–Kier alpha value is -2.53. The molecule has 2 unspecified atom stereocenters. The maximum atomic E-state index is 12.7. The first-order chi connectivity index (χ1) is 12.7. The summed E-state index contributed by atoms with van der Waals surface area (Å²) in [5, 5.41) is 3.09. The van der Waals surface area contributed by atoms with Crippen LogP contribution in [-0.2, 0) is 17.9 Å². The predicted molar refractivity (Wildman–Crippen MR) is 99.1 cm³/mol. The number of carbonyl (C=O) groups is 1. The fourth-order valence-corrected chi connectivity index (χ4v) is 3.72. The Morgan fingerprint density at radius 1 is 1.00 bits per heavy atom. The summed E-state index contributed by atoms with van der Waals surface area (Å²) in [7, 11) is 3.32. The van der Waals surface area contributed by atoms with Crippen LogP contribution < -0.4 is 14.8 Å². The summed E-state index contributed by atoms with van der Waals surface area (Å²) >= 11 is 0. The highest BCUT2D eigenvalue weighted by Gasteiger charge is 2.72. The first-order valence-electron chi connectivity index (χ1n) is 8.96. The van der Waals surface area contributed by atoms with Crippen LogP contribution in [0, 0.1) is 0 Å². The summed E-state index contributed by atoms with van der Waals surface area (Å²) in [6.45, 7) is 1.36. The van der Waals surface area contributed by atoms with Gasteiger partial charge in [0.2, 0.25) is 5.91 Å². The van der Waals surface area contributed by atoms with Gasteiger partial charge < -0.3 is 14.8 Å². The molecule has 1 aliphatic heterocycles. The quantitative estimate of drug-likeness (QED) is 0.779. The zero-order valence-corrected chi connectivity index (χ0v) is 15.2. The van der Waals surface area contributed by atoms with Gasteiger partial charge in [-0.05, 0) is 48.2 Å². The Morgan fingerprint density at radius 2 is 1.54 bits per heavy atom. The molecule has 1 saturated carbocycles. The third kappa shape index (κ3) is 3.15. The van der Waals surface area contributed by atoms with Crippen molar-refractivity contribution in [3.05, 3.63) is 59.7 Å². The molecule has 4 rings (SSSR count). The third-order valence-corrected chi connectivity index (χ3v) is 5.47. The number of amides is 1. The Kier molecular flexibility index (Phi) is 4.32. The third-order valence-electron chi connectivity index (χ3n) is 5.47. The van der Waals surface area contributed by atoms with E-state index in [4.69, 9.17) is 9.47 Å². The predicted octanol–water partition coefficient (Wildman–Crippen LogP) is 2.74. The van der Waals surface area contributed by atoms with Crippen molar-refractivity contribution in [3.63, 3.8) is 0 Å². The molecule has 1 spiro atoms. The summed E-state index contributed by atoms with van der Waals surface area (Å²) in [6.07, 6.45) is 2.23. The van der Waals surface area contributed by atoms with E-state index in [1.54, 1.807) is 14.2 Å². The average molecular weight is 352 g/mol. The van der Waals surface area contributed by atoms with E-state index in [1.807, 2.05) is 36.4 Å². The molecule has 1 amide bonds. The maximum Gasteiger partial charge on any atom is 0.239 e. The van der Waals surface area contributed by atoms with Gasteiger partial charge in [0.1, 0.15) is 17.5 Å². The molecule has 136 valence electrons. The van der Waals surface area contributed by atoms with Crippen LogP contribution in [0.15, 0.2) is 48.5 Å². The van der Waals surface area contributed by atoms with Gasteiger partial charge in [-0.1, -0.05) is 24.3 Å². The SMILES string of the molecule is COc1ccc(CNC(=O)C2N(Cc3ccc(OC)cc3)C23CC3)cc1. The number of hydrogen-bond donors (Lipinski definition) is 1. The molecule has 2 aromatic carbocycles. The van der Waals surface area contributed by atoms with Gasteiger partial charge in [0.05, 0.1) is 14.2 Å². The molecule has 1 N–H and O–H groups in total. The Labute approximate surface area is 153 Å². The molecule has 0 aromatic heterocycles. The second kappa shape index (κ2) is 6.65. The molecular weight excluding hydrogens is 328 g/mol. The van der Waals surface area contributed by atoms with Crippen LogP contribution in [0.25, 0.3) is 0 Å². The van der Waals surface area contributed by atoms with E-state index < -0.39 is 0 Å². The number of nitrogens with zero attached hydrogens (tertiary/aromatic N) is 1. The lowest BCUT2D eigenvalue weighted by molar-refractivity contribution is -0.121. The van der Waals surface area contributed by atoms with E-state index in [2.05, 4.69) is 22.3 Å². The first-order valence-corrected chi connectivity index (χ1v) is 8.96. The van der Waals surface area contributed by atoms with Crippen LogP contribution in [0.3, 0.4) is 0 Å². The van der Waals surface area contributed by atoms with Crippen LogP contribution in [0.5, 0.6) is 11.5 Å². The molecule has 5 nitrogen and oxygen atoms in total. The van der Waals surface area contributed by atoms with Crippen LogP contribution in [-0.4, -0.2) is 36.6 Å². The first kappa shape index (κ1) is 16.9. The Balaban J connectivity index is 1.34. The van der Waals surface area contributed by atoms with E-state index in [0.29, 0.717) is 6.54 Å². The minimum absolute atomic E-state index is 0.00264. The number of nitrogens with one attached hydrogen (secondary N) is 1. The monoisotopic (exact) mass is 352 g/mol. The van der Waals surface area contributed by atoms with Gasteiger partial charge in [-0.3, -0.25) is 9.69 Å². The molecule has 0 radical (unpaired) electrons. The van der Waals surface area contributed by atoms with Crippen molar-refractivity contribution < 1.29 is 14.3 Å². The molecule has 26 heavy (non-hydrogen) atoms. The van der Waals surface area contributed by atoms with E-state index in [0.717, 1.165) is 36.4 Å². The minimum Gasteiger partial charge on any atom is -0.497 e. The largest absolute Gasteiger partial charge is 0.497 e. The molecule has 0 bridgehead atoms. The summed E-state index contributed by atoms with van der Waals surface area (Å²) in [4.78, 5) is 15.0. The number of benzene rings is 2. The number of rotatable bonds is 7. The topological polar surface area (TPSA) is 50.6 Å². The van der Waals surface area contributed by atoms with E-state index in [9.17, 15) is 4.79 Å². The maximum absolute atomic E-state index is 12.7. The highest BCUT2D eigenvalue weighted by molar-refractivity contribution is 5.88. The van der Waals surface area contributed by atoms with Gasteiger partial charge in [0, 0.05) is 18.6 Å². The van der Waals surface area contributed by atoms with Gasteiger partial charge >= 0.3 is 0 Å². The van der Waals surface area contributed by atoms with Crippen LogP contribution in [0.2, 0.25) is 0 Å². The molecular formula is C21H24N2O3. The lowest BCUT2D eigenvalue weighted by Gasteiger charge is -2.07. The van der Waals surface area contributed by atoms with Gasteiger partial charge in [0.25, 0.3) is 0 Å². The van der Waals surface area contributed by atoms with Crippen molar-refractivity contribution in [1.29, 1.82) is 0 Å². The molecule has 1 heterocycles. The smallest absolute Gasteiger partial charge is 0.239 e. The highest BCUT2D eigenvalue weighted by atomic mass is 16.5. The lowest BCUT2D eigenvalue weighted by Crippen LogP contribution is -2.30. The molecule has 2 fully saturated rings. The zero-order chi connectivity index (χ0) is 18.1. The van der Waals surface area contributed by atoms with Crippen molar-refractivity contribution in [3.8, 4) is 11.5 Å². The zero-order valence-electron chi connectivity index (χ0n) is 15.2. The van der Waals surface area contributed by atoms with Crippen molar-refractivity contribution in [2.75, 3.05) is 14.2 Å². The van der Waals surface area contributed by atoms with E-state index >= 15 is 0 Å². The fourth-order valence-electron chi connectivity index (χ4n) is 3.72. The number of carbonyl (C=O) groups excluding carboxylic acids is 1. The van der Waals surface area contributed by atoms with Gasteiger partial charge in [-0.15, -0.1) is 0 Å². The van der Waals surface area contributed by atoms with Gasteiger partial charge in [-0.25, -0.2) is 0 Å². The van der Waals surface area contributed by atoms with E-state index in [1.165, 1.54) is 5.56 Å². The van der Waals surface area contributed by atoms with E-state index in [-0.39, 0.29) is 17.5 Å². The highest BCUT2D eigenvalue weighted by Crippen LogP contribution is 2.60. The van der Waals surface area contributed by atoms with Crippen molar-refractivity contribution in [2.45, 2.75) is 37.5 Å². The molecule has 1 aliphatic carbocycles. The lowest BCUT2D eigenvalue weighted by atomic mass is 10.2. The Morgan fingerprint density at radius 3 is 2.04 bits per heavy atom. The fraction of sp³-hybridized carbons (Fsp3) is 0.381. The molecule has 1 saturated heterocycles. The standard InChI is InChI=1S/C21H24N2O3/c1-25-17-7-3-15(4-8-17)13-22-20(24)19-21(11-12-21)23(19)14-16-5-9-18(26-2)10-6-16/h3-10,19H,11-14H2,1-2H3,(H,22,24). The second-order valence-corrected chi connectivity index (χ2v) is 7.05. The van der Waals surface area contributed by atoms with Gasteiger partial charge in [0.15, 0.2) is 0 Å². The van der Waals surface area contributed by atoms with Gasteiger partial charge in [-0.2, -0.15) is 0 Å². The normalized spacial score (nSPS) is 21.9. The number of methoxy groups -OCH3 is 2. The molecule has 2 aromatic rings. The van der Waals surface area contributed by atoms with Crippen LogP contribution in [0.4, 0.5) is 0 Å². The molecule has 2 aliphatic rings. The van der Waals surface area contributed by atoms with Crippen molar-refractivity contribution in [1.82, 2.24) is 10.2 Å². The summed E-state index contributed by atoms with van der Waals surface area (Å²) in [6, 6.07) is 15.9. The number of ether oxygens (including phenoxy) is 2. The summed E-state index contributed by atoms with van der Waals surface area (Å²) < 4.78 is 10.4. The number of hydrogen-bond acceptors (Lipinski definition) is 4. The van der Waals surface area contributed by atoms with Crippen LogP contribution in [0.1, 0.15) is 24.0 Å². The summed E-state index contributed by atoms with van der Waals surface area (Å²) in [5.74, 6) is 1.81. The summed E-state index contributed by atoms with van der Waals surface area (Å²) in [5.41, 5.74) is 2.40. The van der Waals surface area contributed by atoms with Crippen LogP contribution >= 0.6 is 0 Å². The minimum atomic E-state index is 0.00264.